The molecule has 0 aliphatic heterocycles. The summed E-state index contributed by atoms with van der Waals surface area (Å²) >= 11 is 0. The molecule has 0 unspecified atom stereocenters. The second kappa shape index (κ2) is 5.72. The molecule has 0 aliphatic carbocycles. The van der Waals surface area contributed by atoms with Crippen LogP contribution < -0.4 is 0 Å². The van der Waals surface area contributed by atoms with Crippen LogP contribution in [-0.4, -0.2) is 24.0 Å². The van der Waals surface area contributed by atoms with Gasteiger partial charge in [-0.1, -0.05) is 18.2 Å². The Hall–Kier alpha value is -1.94. The molecule has 0 saturated heterocycles. The third-order valence-corrected chi connectivity index (χ3v) is 1.66. The summed E-state index contributed by atoms with van der Waals surface area (Å²) in [4.78, 5) is 21.6. The van der Waals surface area contributed by atoms with Crippen LogP contribution in [0.3, 0.4) is 0 Å². The number of carbonyl (C=O) groups is 2. The Kier molecular flexibility index (Phi) is 4.25. The van der Waals surface area contributed by atoms with Gasteiger partial charge in [0.2, 0.25) is 0 Å². The van der Waals surface area contributed by atoms with Crippen LogP contribution in [0.5, 0.6) is 0 Å². The van der Waals surface area contributed by atoms with Crippen LogP contribution >= 0.6 is 0 Å². The number of esters is 1. The zero-order valence-electron chi connectivity index (χ0n) is 7.92. The first-order chi connectivity index (χ1) is 7.27. The van der Waals surface area contributed by atoms with Crippen molar-refractivity contribution in [2.24, 2.45) is 0 Å². The summed E-state index contributed by atoms with van der Waals surface area (Å²) in [7, 11) is 0. The highest BCUT2D eigenvalue weighted by molar-refractivity contribution is 5.90. The van der Waals surface area contributed by atoms with Gasteiger partial charge in [0.25, 0.3) is 0 Å². The second-order valence-corrected chi connectivity index (χ2v) is 2.74. The molecule has 1 aromatic rings. The summed E-state index contributed by atoms with van der Waals surface area (Å²) < 4.78 is 4.68. The lowest BCUT2D eigenvalue weighted by Crippen LogP contribution is -2.02. The maximum Gasteiger partial charge on any atom is 0.342 e. The molecule has 0 amide bonds. The molecule has 0 radical (unpaired) electrons. The lowest BCUT2D eigenvalue weighted by Gasteiger charge is -1.99. The largest absolute Gasteiger partial charge is 0.430 e. The van der Waals surface area contributed by atoms with E-state index in [0.29, 0.717) is 11.8 Å². The molecule has 0 atom stereocenters. The van der Waals surface area contributed by atoms with Gasteiger partial charge in [0.1, 0.15) is 6.26 Å². The van der Waals surface area contributed by atoms with E-state index >= 15 is 0 Å². The van der Waals surface area contributed by atoms with Gasteiger partial charge in [-0.2, -0.15) is 0 Å². The number of ether oxygens (including phenoxy) is 1. The van der Waals surface area contributed by atoms with Gasteiger partial charge in [0.15, 0.2) is 6.29 Å². The Labute approximate surface area is 86.8 Å². The highest BCUT2D eigenvalue weighted by Crippen LogP contribution is 2.02. The monoisotopic (exact) mass is 206 g/mol. The van der Waals surface area contributed by atoms with Crippen LogP contribution in [0.15, 0.2) is 42.2 Å². The Morgan fingerprint density at radius 1 is 1.33 bits per heavy atom. The van der Waals surface area contributed by atoms with E-state index < -0.39 is 12.6 Å². The van der Waals surface area contributed by atoms with E-state index in [1.54, 1.807) is 30.3 Å². The summed E-state index contributed by atoms with van der Waals surface area (Å²) in [5.41, 5.74) is 0.399. The number of hydrogen-bond acceptors (Lipinski definition) is 4. The smallest absolute Gasteiger partial charge is 0.342 e. The maximum atomic E-state index is 11.3. The SMILES string of the molecule is O=CC(=COC(=O)c1ccccc1)CO. The van der Waals surface area contributed by atoms with E-state index in [1.807, 2.05) is 0 Å². The fraction of sp³-hybridized carbons (Fsp3) is 0.0909. The van der Waals surface area contributed by atoms with Gasteiger partial charge < -0.3 is 9.84 Å². The van der Waals surface area contributed by atoms with E-state index in [4.69, 9.17) is 5.11 Å². The van der Waals surface area contributed by atoms with E-state index in [0.717, 1.165) is 6.26 Å². The van der Waals surface area contributed by atoms with Crippen molar-refractivity contribution in [3.8, 4) is 0 Å². The Morgan fingerprint density at radius 2 is 2.00 bits per heavy atom. The van der Waals surface area contributed by atoms with Gasteiger partial charge >= 0.3 is 5.97 Å². The van der Waals surface area contributed by atoms with Crippen molar-refractivity contribution in [1.29, 1.82) is 0 Å². The predicted octanol–water partition coefficient (Wildman–Crippen LogP) is 0.918. The van der Waals surface area contributed by atoms with Gasteiger partial charge in [0.05, 0.1) is 17.7 Å². The molecule has 0 aromatic heterocycles. The summed E-state index contributed by atoms with van der Waals surface area (Å²) in [6, 6.07) is 8.36. The van der Waals surface area contributed by atoms with Crippen molar-refractivity contribution >= 4 is 12.3 Å². The molecule has 78 valence electrons. The first-order valence-electron chi connectivity index (χ1n) is 4.29. The minimum Gasteiger partial charge on any atom is -0.430 e. The van der Waals surface area contributed by atoms with Gasteiger partial charge in [-0.05, 0) is 12.1 Å². The van der Waals surface area contributed by atoms with Gasteiger partial charge in [-0.3, -0.25) is 4.79 Å². The van der Waals surface area contributed by atoms with Gasteiger partial charge in [-0.15, -0.1) is 0 Å². The Balaban J connectivity index is 2.65. The molecule has 4 nitrogen and oxygen atoms in total. The van der Waals surface area contributed by atoms with E-state index in [2.05, 4.69) is 4.74 Å². The molecule has 4 heteroatoms. The third-order valence-electron chi connectivity index (χ3n) is 1.66. The summed E-state index contributed by atoms with van der Waals surface area (Å²) in [5.74, 6) is -0.566. The van der Waals surface area contributed by atoms with E-state index in [9.17, 15) is 9.59 Å². The molecule has 1 N–H and O–H groups in total. The minimum atomic E-state index is -0.566. The molecule has 0 aliphatic rings. The van der Waals surface area contributed by atoms with Crippen LogP contribution in [0.1, 0.15) is 10.4 Å². The van der Waals surface area contributed by atoms with E-state index in [-0.39, 0.29) is 5.57 Å². The highest BCUT2D eigenvalue weighted by atomic mass is 16.5. The lowest BCUT2D eigenvalue weighted by atomic mass is 10.2. The molecule has 1 rings (SSSR count). The van der Waals surface area contributed by atoms with Crippen LogP contribution in [0.2, 0.25) is 0 Å². The fourth-order valence-electron chi connectivity index (χ4n) is 0.874. The first kappa shape index (κ1) is 11.1. The van der Waals surface area contributed by atoms with Crippen LogP contribution in [0, 0.1) is 0 Å². The van der Waals surface area contributed by atoms with Crippen molar-refractivity contribution in [1.82, 2.24) is 0 Å². The number of benzene rings is 1. The van der Waals surface area contributed by atoms with Crippen LogP contribution in [0.4, 0.5) is 0 Å². The molecule has 0 bridgehead atoms. The molecule has 1 aromatic carbocycles. The van der Waals surface area contributed by atoms with E-state index in [1.165, 1.54) is 0 Å². The van der Waals surface area contributed by atoms with Crippen molar-refractivity contribution < 1.29 is 19.4 Å². The zero-order chi connectivity index (χ0) is 11.1. The molecule has 0 fully saturated rings. The Morgan fingerprint density at radius 3 is 2.53 bits per heavy atom. The molecule has 15 heavy (non-hydrogen) atoms. The Bertz CT molecular complexity index is 367. The minimum absolute atomic E-state index is 0.0132. The summed E-state index contributed by atoms with van der Waals surface area (Å²) in [6.07, 6.45) is 1.38. The van der Waals surface area contributed by atoms with Crippen molar-refractivity contribution in [2.75, 3.05) is 6.61 Å². The average Bonchev–Trinajstić information content (AvgIpc) is 2.31. The lowest BCUT2D eigenvalue weighted by molar-refractivity contribution is -0.105. The number of aldehydes is 1. The number of rotatable bonds is 4. The van der Waals surface area contributed by atoms with Crippen molar-refractivity contribution in [2.45, 2.75) is 0 Å². The standard InChI is InChI=1S/C11H10O4/c12-6-9(7-13)8-15-11(14)10-4-2-1-3-5-10/h1-6,8,13H,7H2. The number of carbonyl (C=O) groups excluding carboxylic acids is 2. The topological polar surface area (TPSA) is 63.6 Å². The predicted molar refractivity (Wildman–Crippen MR) is 53.1 cm³/mol. The first-order valence-corrected chi connectivity index (χ1v) is 4.29. The quantitative estimate of drug-likeness (QED) is 0.344. The van der Waals surface area contributed by atoms with Crippen molar-refractivity contribution in [3.05, 3.63) is 47.7 Å². The third kappa shape index (κ3) is 3.36. The molecule has 0 saturated carbocycles. The normalized spacial score (nSPS) is 10.9. The average molecular weight is 206 g/mol. The number of aliphatic hydroxyl groups is 1. The number of hydrogen-bond donors (Lipinski definition) is 1. The molecule has 0 spiro atoms. The highest BCUT2D eigenvalue weighted by Gasteiger charge is 2.04. The number of aliphatic hydroxyl groups excluding tert-OH is 1. The second-order valence-electron chi connectivity index (χ2n) is 2.74. The molecular formula is C11H10O4. The maximum absolute atomic E-state index is 11.3. The van der Waals surface area contributed by atoms with Crippen molar-refractivity contribution in [3.63, 3.8) is 0 Å². The molecular weight excluding hydrogens is 196 g/mol. The van der Waals surface area contributed by atoms with Crippen LogP contribution in [0.25, 0.3) is 0 Å². The summed E-state index contributed by atoms with van der Waals surface area (Å²) in [5, 5.41) is 8.62. The molecule has 0 heterocycles. The fourth-order valence-corrected chi connectivity index (χ4v) is 0.874. The summed E-state index contributed by atoms with van der Waals surface area (Å²) in [6.45, 7) is -0.453. The van der Waals surface area contributed by atoms with Gasteiger partial charge in [-0.25, -0.2) is 4.79 Å². The van der Waals surface area contributed by atoms with Crippen LogP contribution in [-0.2, 0) is 9.53 Å². The van der Waals surface area contributed by atoms with Gasteiger partial charge in [0, 0.05) is 0 Å². The zero-order valence-corrected chi connectivity index (χ0v) is 7.92.